The zero-order valence-corrected chi connectivity index (χ0v) is 35.8. The van der Waals surface area contributed by atoms with Crippen LogP contribution in [0.25, 0.3) is 11.1 Å². The summed E-state index contributed by atoms with van der Waals surface area (Å²) >= 11 is 0. The number of benzene rings is 8. The maximum absolute atomic E-state index is 7.64. The predicted octanol–water partition coefficient (Wildman–Crippen LogP) is 13.2. The van der Waals surface area contributed by atoms with Crippen LogP contribution in [0.2, 0.25) is 0 Å². The molecule has 5 heteroatoms. The smallest absolute Gasteiger partial charge is 0.260 e. The fraction of sp³-hybridized carbons (Fsp3) is 0.143. The van der Waals surface area contributed by atoms with E-state index >= 15 is 0 Å². The van der Waals surface area contributed by atoms with Gasteiger partial charge in [0.25, 0.3) is 6.71 Å². The molecule has 8 aromatic rings. The molecule has 0 aromatic heterocycles. The van der Waals surface area contributed by atoms with Crippen molar-refractivity contribution in [3.05, 3.63) is 197 Å². The molecule has 296 valence electrons. The molecule has 0 fully saturated rings. The molecule has 1 aliphatic carbocycles. The number of hydrogen-bond donors (Lipinski definition) is 0. The summed E-state index contributed by atoms with van der Waals surface area (Å²) in [5.74, 6) is 3.34. The molecule has 0 saturated heterocycles. The van der Waals surface area contributed by atoms with Gasteiger partial charge in [-0.1, -0.05) is 133 Å². The lowest BCUT2D eigenvalue weighted by Gasteiger charge is -2.39. The highest BCUT2D eigenvalue weighted by Gasteiger charge is 2.47. The molecule has 0 unspecified atom stereocenters. The molecule has 2 heterocycles. The van der Waals surface area contributed by atoms with Crippen LogP contribution in [0, 0.1) is 34.6 Å². The van der Waals surface area contributed by atoms with Gasteiger partial charge in [-0.3, -0.25) is 0 Å². The lowest BCUT2D eigenvalue weighted by atomic mass is 9.34. The molecule has 0 saturated carbocycles. The number of hydrogen-bond acceptors (Lipinski definition) is 4. The fourth-order valence-corrected chi connectivity index (χ4v) is 9.94. The number of rotatable bonds is 6. The molecule has 11 rings (SSSR count). The second-order valence-electron chi connectivity index (χ2n) is 17.8. The second kappa shape index (κ2) is 13.8. The largest absolute Gasteiger partial charge is 0.458 e. The fourth-order valence-electron chi connectivity index (χ4n) is 9.94. The molecule has 8 aromatic carbocycles. The molecule has 0 radical (unpaired) electrons. The van der Waals surface area contributed by atoms with Gasteiger partial charge < -0.3 is 19.3 Å². The van der Waals surface area contributed by atoms with E-state index in [1.165, 1.54) is 50.1 Å². The van der Waals surface area contributed by atoms with E-state index in [1.54, 1.807) is 0 Å². The van der Waals surface area contributed by atoms with Gasteiger partial charge in [-0.2, -0.15) is 0 Å². The number of aryl methyl sites for hydroxylation is 5. The van der Waals surface area contributed by atoms with E-state index in [-0.39, 0.29) is 12.1 Å². The Labute approximate surface area is 359 Å². The molecular formula is C56H47BN2O2. The molecule has 0 bridgehead atoms. The van der Waals surface area contributed by atoms with Crippen molar-refractivity contribution >= 4 is 57.2 Å². The number of anilines is 6. The Balaban J connectivity index is 1.24. The lowest BCUT2D eigenvalue weighted by Crippen LogP contribution is -2.57. The molecule has 0 atom stereocenters. The summed E-state index contributed by atoms with van der Waals surface area (Å²) in [7, 11) is 0. The molecule has 0 amide bonds. The van der Waals surface area contributed by atoms with E-state index in [9.17, 15) is 0 Å². The van der Waals surface area contributed by atoms with Crippen molar-refractivity contribution in [3.63, 3.8) is 0 Å². The Morgan fingerprint density at radius 1 is 0.426 bits per heavy atom. The molecule has 2 aliphatic heterocycles. The average Bonchev–Trinajstić information content (AvgIpc) is 3.49. The quantitative estimate of drug-likeness (QED) is 0.157. The minimum atomic E-state index is -0.335. The standard InChI is InChI=1S/C56H47BN2O2/c1-34-12-21-39(22-13-34)58(40-23-14-35(2)15-24-40)43-31-50-53-51(32-43)61-55-48(57(53)47-30-38(5)20-29-49(47)60-50)33-45-44-10-8-9-11-46(44)56(6,7)52(45)54(55)59(41-25-16-36(3)17-26-41)42-27-18-37(4)19-28-42/h8-33H,1-7H3. The van der Waals surface area contributed by atoms with Gasteiger partial charge in [0.15, 0.2) is 0 Å². The number of nitrogens with zero attached hydrogens (tertiary/aromatic N) is 2. The Hall–Kier alpha value is -6.98. The Kier molecular flexibility index (Phi) is 8.38. The van der Waals surface area contributed by atoms with E-state index in [1.807, 2.05) is 0 Å². The van der Waals surface area contributed by atoms with E-state index < -0.39 is 0 Å². The topological polar surface area (TPSA) is 24.9 Å². The van der Waals surface area contributed by atoms with Gasteiger partial charge in [-0.15, -0.1) is 0 Å². The summed E-state index contributed by atoms with van der Waals surface area (Å²) in [6.45, 7) is 15.3. The van der Waals surface area contributed by atoms with Crippen molar-refractivity contribution in [2.24, 2.45) is 0 Å². The average molecular weight is 791 g/mol. The van der Waals surface area contributed by atoms with Crippen molar-refractivity contribution in [1.82, 2.24) is 0 Å². The molecular weight excluding hydrogens is 743 g/mol. The van der Waals surface area contributed by atoms with Gasteiger partial charge in [-0.25, -0.2) is 0 Å². The highest BCUT2D eigenvalue weighted by molar-refractivity contribution is 6.98. The van der Waals surface area contributed by atoms with Crippen molar-refractivity contribution in [3.8, 4) is 34.1 Å². The van der Waals surface area contributed by atoms with Gasteiger partial charge in [0.05, 0.1) is 11.4 Å². The third-order valence-electron chi connectivity index (χ3n) is 13.0. The van der Waals surface area contributed by atoms with E-state index in [0.29, 0.717) is 0 Å². The Bertz CT molecular complexity index is 2950. The zero-order valence-electron chi connectivity index (χ0n) is 35.8. The minimum absolute atomic E-state index is 0.142. The first kappa shape index (κ1) is 37.1. The summed E-state index contributed by atoms with van der Waals surface area (Å²) in [4.78, 5) is 4.76. The third kappa shape index (κ3) is 5.90. The first-order valence-electron chi connectivity index (χ1n) is 21.4. The minimum Gasteiger partial charge on any atom is -0.458 e. The van der Waals surface area contributed by atoms with Crippen LogP contribution in [0.15, 0.2) is 158 Å². The maximum Gasteiger partial charge on any atom is 0.260 e. The second-order valence-corrected chi connectivity index (χ2v) is 17.8. The van der Waals surface area contributed by atoms with Crippen molar-refractivity contribution < 1.29 is 9.47 Å². The first-order valence-corrected chi connectivity index (χ1v) is 21.4. The monoisotopic (exact) mass is 790 g/mol. The van der Waals surface area contributed by atoms with Gasteiger partial charge >= 0.3 is 0 Å². The summed E-state index contributed by atoms with van der Waals surface area (Å²) in [5, 5.41) is 0. The van der Waals surface area contributed by atoms with E-state index in [4.69, 9.17) is 9.47 Å². The third-order valence-corrected chi connectivity index (χ3v) is 13.0. The Morgan fingerprint density at radius 2 is 0.918 bits per heavy atom. The zero-order chi connectivity index (χ0) is 41.7. The van der Waals surface area contributed by atoms with Crippen LogP contribution in [0.5, 0.6) is 23.0 Å². The molecule has 61 heavy (non-hydrogen) atoms. The van der Waals surface area contributed by atoms with Gasteiger partial charge in [-0.05, 0) is 122 Å². The van der Waals surface area contributed by atoms with Crippen LogP contribution < -0.4 is 35.7 Å². The number of ether oxygens (including phenoxy) is 2. The molecule has 4 nitrogen and oxygen atoms in total. The van der Waals surface area contributed by atoms with Crippen molar-refractivity contribution in [2.45, 2.75) is 53.9 Å². The van der Waals surface area contributed by atoms with Crippen LogP contribution in [0.4, 0.5) is 34.1 Å². The van der Waals surface area contributed by atoms with Gasteiger partial charge in [0.1, 0.15) is 23.0 Å². The highest BCUT2D eigenvalue weighted by atomic mass is 16.5. The maximum atomic E-state index is 7.64. The predicted molar refractivity (Wildman–Crippen MR) is 255 cm³/mol. The summed E-state index contributed by atoms with van der Waals surface area (Å²) in [5.41, 5.74) is 20.4. The van der Waals surface area contributed by atoms with Crippen molar-refractivity contribution in [1.29, 1.82) is 0 Å². The van der Waals surface area contributed by atoms with Crippen LogP contribution in [-0.4, -0.2) is 6.71 Å². The summed E-state index contributed by atoms with van der Waals surface area (Å²) in [6.07, 6.45) is 0. The van der Waals surface area contributed by atoms with Crippen LogP contribution >= 0.6 is 0 Å². The Morgan fingerprint density at radius 3 is 1.48 bits per heavy atom. The van der Waals surface area contributed by atoms with Gasteiger partial charge in [0, 0.05) is 45.8 Å². The molecule has 0 N–H and O–H groups in total. The van der Waals surface area contributed by atoms with Gasteiger partial charge in [0.2, 0.25) is 0 Å². The SMILES string of the molecule is Cc1ccc(N(c2ccc(C)cc2)c2cc3c4c(c2)Oc2c(cc5c(c2N(c2ccc(C)cc2)c2ccc(C)cc2)C(C)(C)c2ccccc2-5)B4c2cc(C)ccc2O3)cc1. The van der Waals surface area contributed by atoms with Crippen LogP contribution in [0.3, 0.4) is 0 Å². The van der Waals surface area contributed by atoms with Crippen molar-refractivity contribution in [2.75, 3.05) is 9.80 Å². The molecule has 0 spiro atoms. The number of fused-ring (bicyclic) bond motifs is 7. The summed E-state index contributed by atoms with van der Waals surface area (Å²) in [6, 6.07) is 57.8. The normalized spacial score (nSPS) is 13.5. The van der Waals surface area contributed by atoms with E-state index in [2.05, 4.69) is 216 Å². The van der Waals surface area contributed by atoms with E-state index in [0.717, 1.165) is 73.5 Å². The van der Waals surface area contributed by atoms with Crippen LogP contribution in [-0.2, 0) is 5.41 Å². The molecule has 3 aliphatic rings. The lowest BCUT2D eigenvalue weighted by molar-refractivity contribution is 0.464. The highest BCUT2D eigenvalue weighted by Crippen LogP contribution is 2.58. The van der Waals surface area contributed by atoms with Crippen LogP contribution in [0.1, 0.15) is 52.8 Å². The summed E-state index contributed by atoms with van der Waals surface area (Å²) < 4.78 is 14.6. The first-order chi connectivity index (χ1) is 29.5.